The number of H-pyrrole nitrogens is 1. The van der Waals surface area contributed by atoms with Gasteiger partial charge in [-0.3, -0.25) is 91.1 Å². The number of aliphatic carboxylic acids is 4. The molecule has 4 rings (SSSR count). The minimum atomic E-state index is -2.44. The number of amides is 14. The number of carboxylic acid groups (broad SMARTS) is 4. The number of primary amides is 1. The normalized spacial score (nSPS) is 20.8. The first-order valence-corrected chi connectivity index (χ1v) is 39.3. The Morgan fingerprint density at radius 1 is 0.533 bits per heavy atom. The van der Waals surface area contributed by atoms with Crippen molar-refractivity contribution < 1.29 is 126 Å². The van der Waals surface area contributed by atoms with E-state index in [4.69, 9.17) is 16.2 Å². The molecule has 2 heterocycles. The van der Waals surface area contributed by atoms with Crippen molar-refractivity contribution in [2.75, 3.05) is 38.1 Å². The maximum atomic E-state index is 15.1. The summed E-state index contributed by atoms with van der Waals surface area (Å²) in [5.41, 5.74) is 12.6. The number of unbranched alkanes of at least 4 members (excludes halogenated alkanes) is 8. The zero-order chi connectivity index (χ0) is 89.3. The maximum absolute atomic E-state index is 15.1. The van der Waals surface area contributed by atoms with Gasteiger partial charge in [-0.15, -0.1) is 0 Å². The molecule has 43 heteroatoms. The number of nitrogens with one attached hydrogen (secondary N) is 15. The van der Waals surface area contributed by atoms with Gasteiger partial charge in [0.2, 0.25) is 82.7 Å². The Kier molecular flexibility index (Phi) is 42.8. The van der Waals surface area contributed by atoms with Crippen LogP contribution in [0.5, 0.6) is 0 Å². The lowest BCUT2D eigenvalue weighted by Crippen LogP contribution is -2.62. The van der Waals surface area contributed by atoms with Crippen molar-refractivity contribution in [2.45, 2.75) is 236 Å². The van der Waals surface area contributed by atoms with Gasteiger partial charge in [-0.25, -0.2) is 4.79 Å². The first kappa shape index (κ1) is 99.7. The third-order valence-corrected chi connectivity index (χ3v) is 18.9. The quantitative estimate of drug-likeness (QED) is 0.0149. The molecule has 1 fully saturated rings. The van der Waals surface area contributed by atoms with Crippen LogP contribution in [0.1, 0.15) is 173 Å². The van der Waals surface area contributed by atoms with Gasteiger partial charge in [-0.1, -0.05) is 102 Å². The number of aliphatic hydroxyl groups excluding tert-OH is 1. The summed E-state index contributed by atoms with van der Waals surface area (Å²) < 4.78 is 5.79. The van der Waals surface area contributed by atoms with Crippen LogP contribution in [-0.4, -0.2) is 254 Å². The SMILES string of the molecule is CCCCCCCCCC(=O)N[C@@H](Cc1c[nH]c2ccccc12)C(=O)N[C@H](CC(N)=O)C(=O)N[C@@H](CC(=O)O)C(=O)N[C@@H]1C(=O)NCC(=O)N[C@@H](CCCN)C(=O)N[C@@H](CC(=O)O)C(=O)N[C@H](C)C(=O)N[C@@H](CC(=O)O)C(=O)NCC(=O)N[C@H](CO)C(=O)N[C@@H]([C@H](C)CC(=O)O)C(=O)N[C@@H](CC(=O)c2ccccc2NCCCCC)C(=O)O[C@@H]1C. The van der Waals surface area contributed by atoms with Crippen LogP contribution in [0.25, 0.3) is 10.9 Å². The average molecular weight is 1690 g/mol. The average Bonchev–Trinajstić information content (AvgIpc) is 1.65. The van der Waals surface area contributed by atoms with Crippen LogP contribution >= 0.6 is 0 Å². The van der Waals surface area contributed by atoms with Crippen molar-refractivity contribution in [3.8, 4) is 0 Å². The van der Waals surface area contributed by atoms with Crippen LogP contribution in [0, 0.1) is 5.92 Å². The van der Waals surface area contributed by atoms with Gasteiger partial charge in [0.1, 0.15) is 72.6 Å². The molecule has 1 saturated heterocycles. The predicted octanol–water partition coefficient (Wildman–Crippen LogP) is -3.60. The fourth-order valence-electron chi connectivity index (χ4n) is 12.5. The lowest BCUT2D eigenvalue weighted by atomic mass is 9.95. The number of ketones is 1. The van der Waals surface area contributed by atoms with E-state index in [1.807, 2.05) is 22.9 Å². The second-order valence-electron chi connectivity index (χ2n) is 28.8. The molecule has 43 nitrogen and oxygen atoms in total. The van der Waals surface area contributed by atoms with Crippen molar-refractivity contribution >= 4 is 135 Å². The number of cyclic esters (lactones) is 1. The molecule has 3 aromatic rings. The zero-order valence-corrected chi connectivity index (χ0v) is 67.3. The standard InChI is InChI=1S/C77H111N17O26/c1-6-8-10-11-12-13-14-26-58(98)86-49(30-43-36-81-46-23-17-15-21-44(43)46)71(113)89-50(32-57(79)97)72(114)91-53(35-64(107)108)73(115)94-66-42(5)120-77(119)54(31-56(96)45-22-16-18-24-47(45)80-28-19-9-7-2)92-76(118)65(40(3)29-61(101)102)93-74(116)55(39-95)87-60(100)37-82-68(110)51(33-62(103)104)88-67(109)41(4)84-70(112)52(34-63(105)106)90-69(111)48(25-20-27-78)85-59(99)38-83-75(66)117/h15-18,21-24,36,40-42,48-55,65-66,80-81,95H,6-14,19-20,25-35,37-39,78H2,1-5H3,(H2,79,97)(H,82,110)(H,83,117)(H,84,112)(H,85,99)(H,86,98)(H,87,100)(H,88,109)(H,89,113)(H,90,111)(H,91,114)(H,92,118)(H,93,116)(H,94,115)(H,101,102)(H,103,104)(H,105,106)(H,107,108)/t40-,41-,42-,48+,49+,50-,51+,52+,53+,54+,55-,65+,66+/m1/s1. The number of anilines is 1. The third kappa shape index (κ3) is 34.8. The van der Waals surface area contributed by atoms with Crippen LogP contribution in [-0.2, 0) is 102 Å². The number of hydrogen-bond acceptors (Lipinski definition) is 24. The first-order chi connectivity index (χ1) is 56.9. The molecule has 0 saturated carbocycles. The van der Waals surface area contributed by atoms with Crippen LogP contribution in [0.3, 0.4) is 0 Å². The summed E-state index contributed by atoms with van der Waals surface area (Å²) in [5, 5.41) is 82.5. The molecule has 660 valence electrons. The number of carboxylic acids is 4. The van der Waals surface area contributed by atoms with E-state index in [1.54, 1.807) is 36.5 Å². The molecular weight excluding hydrogens is 1580 g/mol. The molecule has 0 aliphatic carbocycles. The number of para-hydroxylation sites is 2. The number of aromatic nitrogens is 1. The highest BCUT2D eigenvalue weighted by Crippen LogP contribution is 2.23. The maximum Gasteiger partial charge on any atom is 0.329 e. The smallest absolute Gasteiger partial charge is 0.329 e. The Labute approximate surface area is 689 Å². The molecule has 0 bridgehead atoms. The number of nitrogens with two attached hydrogens (primary N) is 2. The molecule has 0 spiro atoms. The number of Topliss-reactive ketones (excluding diaryl/α,β-unsaturated/α-hetero) is 1. The fourth-order valence-corrected chi connectivity index (χ4v) is 12.5. The van der Waals surface area contributed by atoms with Crippen LogP contribution in [0.4, 0.5) is 5.69 Å². The Morgan fingerprint density at radius 2 is 1.07 bits per heavy atom. The summed E-state index contributed by atoms with van der Waals surface area (Å²) in [6.45, 7) is 3.46. The molecule has 1 aliphatic heterocycles. The molecule has 120 heavy (non-hydrogen) atoms. The highest BCUT2D eigenvalue weighted by molar-refractivity contribution is 6.05. The van der Waals surface area contributed by atoms with Gasteiger partial charge >= 0.3 is 29.8 Å². The number of rotatable bonds is 40. The number of fused-ring (bicyclic) bond motifs is 1. The third-order valence-electron chi connectivity index (χ3n) is 18.9. The Bertz CT molecular complexity index is 4140. The van der Waals surface area contributed by atoms with E-state index < -0.39 is 255 Å². The number of aromatic amines is 1. The number of carbonyl (C=O) groups is 20. The van der Waals surface area contributed by atoms with Gasteiger partial charge in [-0.2, -0.15) is 0 Å². The highest BCUT2D eigenvalue weighted by atomic mass is 16.5. The van der Waals surface area contributed by atoms with Gasteiger partial charge < -0.3 is 121 Å². The number of esters is 1. The summed E-state index contributed by atoms with van der Waals surface area (Å²) >= 11 is 0. The van der Waals surface area contributed by atoms with Gasteiger partial charge in [0.05, 0.1) is 51.8 Å². The van der Waals surface area contributed by atoms with Gasteiger partial charge in [0.25, 0.3) is 0 Å². The van der Waals surface area contributed by atoms with Gasteiger partial charge in [-0.05, 0) is 75.8 Å². The minimum Gasteiger partial charge on any atom is -0.481 e. The molecule has 13 atom stereocenters. The highest BCUT2D eigenvalue weighted by Gasteiger charge is 2.41. The van der Waals surface area contributed by atoms with Crippen molar-refractivity contribution in [2.24, 2.45) is 17.4 Å². The molecule has 1 aromatic heterocycles. The number of hydrogen-bond donors (Lipinski definition) is 22. The summed E-state index contributed by atoms with van der Waals surface area (Å²) in [6.07, 6.45) is -0.0437. The molecule has 2 aromatic carbocycles. The molecule has 14 amide bonds. The topological polar surface area (TPSA) is 688 Å². The molecule has 1 aliphatic rings. The summed E-state index contributed by atoms with van der Waals surface area (Å²) in [6, 6.07) is -9.82. The zero-order valence-electron chi connectivity index (χ0n) is 67.3. The predicted molar refractivity (Wildman–Crippen MR) is 424 cm³/mol. The van der Waals surface area contributed by atoms with Crippen LogP contribution in [0.2, 0.25) is 0 Å². The fraction of sp³-hybridized carbons (Fsp3) is 0.558. The van der Waals surface area contributed by atoms with Crippen molar-refractivity contribution in [3.63, 3.8) is 0 Å². The summed E-state index contributed by atoms with van der Waals surface area (Å²) in [5.74, 6) is -29.4. The number of aliphatic hydroxyl groups is 1. The molecule has 0 radical (unpaired) electrons. The monoisotopic (exact) mass is 1690 g/mol. The first-order valence-electron chi connectivity index (χ1n) is 39.3. The van der Waals surface area contributed by atoms with E-state index in [9.17, 15) is 117 Å². The van der Waals surface area contributed by atoms with Gasteiger partial charge in [0, 0.05) is 54.2 Å². The second-order valence-corrected chi connectivity index (χ2v) is 28.8. The Morgan fingerprint density at radius 3 is 1.69 bits per heavy atom. The lowest BCUT2D eigenvalue weighted by Gasteiger charge is -2.30. The van der Waals surface area contributed by atoms with Crippen molar-refractivity contribution in [1.29, 1.82) is 0 Å². The number of benzene rings is 2. The summed E-state index contributed by atoms with van der Waals surface area (Å²) in [7, 11) is 0. The van der Waals surface area contributed by atoms with Crippen LogP contribution < -0.4 is 85.9 Å². The Balaban J connectivity index is 1.92. The van der Waals surface area contributed by atoms with E-state index in [0.29, 0.717) is 42.3 Å². The molecule has 0 unspecified atom stereocenters. The van der Waals surface area contributed by atoms with E-state index in [1.165, 1.54) is 18.2 Å². The number of carbonyl (C=O) groups excluding carboxylic acids is 16. The van der Waals surface area contributed by atoms with Crippen molar-refractivity contribution in [1.82, 2.24) is 74.1 Å². The second kappa shape index (κ2) is 51.5. The van der Waals surface area contributed by atoms with E-state index in [2.05, 4.69) is 70.4 Å². The van der Waals surface area contributed by atoms with E-state index >= 15 is 4.79 Å². The van der Waals surface area contributed by atoms with E-state index in [0.717, 1.165) is 65.7 Å². The van der Waals surface area contributed by atoms with Gasteiger partial charge in [0.15, 0.2) is 5.78 Å². The largest absolute Gasteiger partial charge is 0.481 e. The lowest BCUT2D eigenvalue weighted by molar-refractivity contribution is -0.156. The van der Waals surface area contributed by atoms with Crippen LogP contribution in [0.15, 0.2) is 54.7 Å². The Hall–Kier alpha value is -12.7. The number of ether oxygens (including phenoxy) is 1. The molecular formula is C77H111N17O26. The molecule has 24 N–H and O–H groups in total. The van der Waals surface area contributed by atoms with Crippen molar-refractivity contribution in [3.05, 3.63) is 65.9 Å². The summed E-state index contributed by atoms with van der Waals surface area (Å²) in [4.78, 5) is 278. The minimum absolute atomic E-state index is 0.0162. The van der Waals surface area contributed by atoms with E-state index in [-0.39, 0.29) is 43.5 Å².